The molecule has 104 valence electrons. The largest absolute Gasteiger partial charge is 0.481 e. The summed E-state index contributed by atoms with van der Waals surface area (Å²) in [4.78, 5) is 13.0. The molecule has 0 unspecified atom stereocenters. The van der Waals surface area contributed by atoms with Crippen LogP contribution in [-0.2, 0) is 11.3 Å². The number of aliphatic hydroxyl groups is 1. The van der Waals surface area contributed by atoms with E-state index in [-0.39, 0.29) is 0 Å². The van der Waals surface area contributed by atoms with Crippen LogP contribution in [0.15, 0.2) is 18.2 Å². The summed E-state index contributed by atoms with van der Waals surface area (Å²) in [7, 11) is 0. The fourth-order valence-corrected chi connectivity index (χ4v) is 2.61. The van der Waals surface area contributed by atoms with Crippen LogP contribution in [0.25, 0.3) is 0 Å². The topological polar surface area (TPSA) is 60.8 Å². The molecule has 0 amide bonds. The lowest BCUT2D eigenvalue weighted by Gasteiger charge is -2.34. The highest BCUT2D eigenvalue weighted by Gasteiger charge is 2.32. The summed E-state index contributed by atoms with van der Waals surface area (Å²) >= 11 is 11.8. The van der Waals surface area contributed by atoms with Crippen molar-refractivity contribution in [2.24, 2.45) is 5.92 Å². The van der Waals surface area contributed by atoms with Crippen molar-refractivity contribution in [1.29, 1.82) is 0 Å². The Bertz CT molecular complexity index is 481. The van der Waals surface area contributed by atoms with Gasteiger partial charge in [0.25, 0.3) is 0 Å². The first kappa shape index (κ1) is 14.6. The number of carboxylic acid groups (broad SMARTS) is 1. The predicted molar refractivity (Wildman–Crippen MR) is 73.5 cm³/mol. The van der Waals surface area contributed by atoms with Gasteiger partial charge in [-0.25, -0.2) is 0 Å². The van der Waals surface area contributed by atoms with Crippen LogP contribution in [0.4, 0.5) is 0 Å². The van der Waals surface area contributed by atoms with E-state index in [0.717, 1.165) is 5.56 Å². The number of likely N-dealkylation sites (tertiary alicyclic amines) is 1. The van der Waals surface area contributed by atoms with Gasteiger partial charge in [0.05, 0.1) is 22.1 Å². The molecule has 19 heavy (non-hydrogen) atoms. The Morgan fingerprint density at radius 3 is 2.74 bits per heavy atom. The number of aliphatic carboxylic acids is 1. The molecule has 0 spiro atoms. The molecule has 0 bridgehead atoms. The van der Waals surface area contributed by atoms with E-state index in [1.54, 1.807) is 12.1 Å². The summed E-state index contributed by atoms with van der Waals surface area (Å²) in [6, 6.07) is 5.38. The molecular weight excluding hydrogens is 289 g/mol. The quantitative estimate of drug-likeness (QED) is 0.899. The van der Waals surface area contributed by atoms with E-state index in [1.165, 1.54) is 0 Å². The molecule has 1 saturated heterocycles. The first-order valence-corrected chi connectivity index (χ1v) is 6.80. The summed E-state index contributed by atoms with van der Waals surface area (Å²) in [6.07, 6.45) is -0.291. The molecule has 6 heteroatoms. The van der Waals surface area contributed by atoms with Crippen molar-refractivity contribution in [3.63, 3.8) is 0 Å². The monoisotopic (exact) mass is 303 g/mol. The number of aliphatic hydroxyl groups excluding tert-OH is 1. The molecule has 0 aliphatic carbocycles. The number of benzene rings is 1. The van der Waals surface area contributed by atoms with Gasteiger partial charge in [-0.1, -0.05) is 29.3 Å². The van der Waals surface area contributed by atoms with Gasteiger partial charge in [0.2, 0.25) is 0 Å². The standard InChI is InChI=1S/C13H15Cl2NO3/c14-10-2-1-8(5-11(10)15)6-16-4-3-12(17)9(7-16)13(18)19/h1-2,5,9,12,17H,3-4,6-7H2,(H,18,19)/t9-,12+/m1/s1. The van der Waals surface area contributed by atoms with Crippen molar-refractivity contribution in [1.82, 2.24) is 4.90 Å². The molecule has 2 rings (SSSR count). The number of halogens is 2. The fraction of sp³-hybridized carbons (Fsp3) is 0.462. The Kier molecular flexibility index (Phi) is 4.68. The smallest absolute Gasteiger partial charge is 0.310 e. The van der Waals surface area contributed by atoms with Gasteiger partial charge >= 0.3 is 5.97 Å². The molecule has 1 aliphatic heterocycles. The van der Waals surface area contributed by atoms with E-state index < -0.39 is 18.0 Å². The maximum Gasteiger partial charge on any atom is 0.310 e. The molecule has 1 aromatic carbocycles. The zero-order chi connectivity index (χ0) is 14.0. The number of carboxylic acids is 1. The number of carbonyl (C=O) groups is 1. The SMILES string of the molecule is O=C(O)[C@@H]1CN(Cc2ccc(Cl)c(Cl)c2)CC[C@@H]1O. The third-order valence-corrected chi connectivity index (χ3v) is 4.11. The lowest BCUT2D eigenvalue weighted by Crippen LogP contribution is -2.46. The minimum atomic E-state index is -0.952. The van der Waals surface area contributed by atoms with Crippen LogP contribution in [0.5, 0.6) is 0 Å². The van der Waals surface area contributed by atoms with Crippen molar-refractivity contribution in [2.45, 2.75) is 19.1 Å². The molecule has 1 heterocycles. The van der Waals surface area contributed by atoms with Crippen LogP contribution in [0.2, 0.25) is 10.0 Å². The Morgan fingerprint density at radius 2 is 2.11 bits per heavy atom. The second kappa shape index (κ2) is 6.09. The predicted octanol–water partition coefficient (Wildman–Crippen LogP) is 2.26. The maximum atomic E-state index is 11.0. The van der Waals surface area contributed by atoms with Gasteiger partial charge < -0.3 is 10.2 Å². The van der Waals surface area contributed by atoms with E-state index in [0.29, 0.717) is 36.1 Å². The molecule has 0 aromatic heterocycles. The third kappa shape index (κ3) is 3.60. The summed E-state index contributed by atoms with van der Waals surface area (Å²) in [5.41, 5.74) is 0.981. The van der Waals surface area contributed by atoms with Crippen LogP contribution in [0.3, 0.4) is 0 Å². The second-order valence-corrected chi connectivity index (χ2v) is 5.60. The van der Waals surface area contributed by atoms with Gasteiger partial charge in [0.1, 0.15) is 0 Å². The van der Waals surface area contributed by atoms with E-state index in [1.807, 2.05) is 11.0 Å². The van der Waals surface area contributed by atoms with Crippen molar-refractivity contribution in [2.75, 3.05) is 13.1 Å². The highest BCUT2D eigenvalue weighted by atomic mass is 35.5. The molecule has 2 N–H and O–H groups in total. The zero-order valence-corrected chi connectivity index (χ0v) is 11.7. The summed E-state index contributed by atoms with van der Waals surface area (Å²) in [5.74, 6) is -1.68. The fourth-order valence-electron chi connectivity index (χ4n) is 2.29. The normalized spacial score (nSPS) is 24.4. The van der Waals surface area contributed by atoms with Crippen molar-refractivity contribution >= 4 is 29.2 Å². The Hall–Kier alpha value is -0.810. The molecule has 1 aromatic rings. The molecule has 0 radical (unpaired) electrons. The van der Waals surface area contributed by atoms with Gasteiger partial charge in [-0.2, -0.15) is 0 Å². The van der Waals surface area contributed by atoms with Crippen LogP contribution in [0.1, 0.15) is 12.0 Å². The average molecular weight is 304 g/mol. The summed E-state index contributed by atoms with van der Waals surface area (Å²) in [6.45, 7) is 1.62. The van der Waals surface area contributed by atoms with E-state index in [9.17, 15) is 9.90 Å². The molecular formula is C13H15Cl2NO3. The highest BCUT2D eigenvalue weighted by Crippen LogP contribution is 2.25. The molecule has 1 fully saturated rings. The van der Waals surface area contributed by atoms with Gasteiger partial charge in [-0.05, 0) is 24.1 Å². The van der Waals surface area contributed by atoms with Crippen molar-refractivity contribution in [3.8, 4) is 0 Å². The maximum absolute atomic E-state index is 11.0. The first-order valence-electron chi connectivity index (χ1n) is 6.04. The van der Waals surface area contributed by atoms with Crippen molar-refractivity contribution in [3.05, 3.63) is 33.8 Å². The van der Waals surface area contributed by atoms with Crippen LogP contribution in [0, 0.1) is 5.92 Å². The van der Waals surface area contributed by atoms with Crippen LogP contribution >= 0.6 is 23.2 Å². The van der Waals surface area contributed by atoms with Crippen LogP contribution < -0.4 is 0 Å². The Morgan fingerprint density at radius 1 is 1.37 bits per heavy atom. The Balaban J connectivity index is 2.03. The molecule has 4 nitrogen and oxygen atoms in total. The molecule has 0 saturated carbocycles. The third-order valence-electron chi connectivity index (χ3n) is 3.37. The minimum Gasteiger partial charge on any atom is -0.481 e. The Labute approximate surface area is 121 Å². The molecule has 2 atom stereocenters. The van der Waals surface area contributed by atoms with E-state index in [2.05, 4.69) is 0 Å². The highest BCUT2D eigenvalue weighted by molar-refractivity contribution is 6.42. The van der Waals surface area contributed by atoms with Gasteiger partial charge in [0.15, 0.2) is 0 Å². The first-order chi connectivity index (χ1) is 8.97. The summed E-state index contributed by atoms with van der Waals surface area (Å²) in [5, 5.41) is 19.7. The number of piperidine rings is 1. The lowest BCUT2D eigenvalue weighted by atomic mass is 9.94. The van der Waals surface area contributed by atoms with E-state index in [4.69, 9.17) is 28.3 Å². The van der Waals surface area contributed by atoms with E-state index >= 15 is 0 Å². The number of hydrogen-bond acceptors (Lipinski definition) is 3. The number of nitrogens with zero attached hydrogens (tertiary/aromatic N) is 1. The minimum absolute atomic E-state index is 0.344. The second-order valence-electron chi connectivity index (χ2n) is 4.78. The zero-order valence-electron chi connectivity index (χ0n) is 10.2. The van der Waals surface area contributed by atoms with Gasteiger partial charge in [-0.15, -0.1) is 0 Å². The van der Waals surface area contributed by atoms with Gasteiger partial charge in [-0.3, -0.25) is 9.69 Å². The number of rotatable bonds is 3. The summed E-state index contributed by atoms with van der Waals surface area (Å²) < 4.78 is 0. The lowest BCUT2D eigenvalue weighted by molar-refractivity contribution is -0.149. The number of hydrogen-bond donors (Lipinski definition) is 2. The average Bonchev–Trinajstić information content (AvgIpc) is 2.36. The van der Waals surface area contributed by atoms with Crippen molar-refractivity contribution < 1.29 is 15.0 Å². The molecule has 1 aliphatic rings. The van der Waals surface area contributed by atoms with Crippen LogP contribution in [-0.4, -0.2) is 40.3 Å². The van der Waals surface area contributed by atoms with Gasteiger partial charge in [0, 0.05) is 19.6 Å².